The fourth-order valence-electron chi connectivity index (χ4n) is 2.16. The van der Waals surface area contributed by atoms with Crippen molar-refractivity contribution in [2.45, 2.75) is 26.2 Å². The fraction of sp³-hybridized carbons (Fsp3) is 0.385. The minimum atomic E-state index is -0.498. The van der Waals surface area contributed by atoms with E-state index in [0.29, 0.717) is 23.2 Å². The molecule has 1 aromatic rings. The highest BCUT2D eigenvalue weighted by Gasteiger charge is 2.26. The van der Waals surface area contributed by atoms with Crippen LogP contribution in [0.3, 0.4) is 0 Å². The van der Waals surface area contributed by atoms with Crippen LogP contribution in [-0.4, -0.2) is 23.3 Å². The third-order valence-electron chi connectivity index (χ3n) is 2.93. The molecule has 0 fully saturated rings. The molecule has 0 aliphatic heterocycles. The summed E-state index contributed by atoms with van der Waals surface area (Å²) in [6.07, 6.45) is 7.19. The number of carbonyl (C=O) groups is 2. The molecule has 0 bridgehead atoms. The highest BCUT2D eigenvalue weighted by atomic mass is 16.5. The number of hydrogen-bond acceptors (Lipinski definition) is 3. The van der Waals surface area contributed by atoms with Gasteiger partial charge in [-0.3, -0.25) is 4.79 Å². The molecule has 0 radical (unpaired) electrons. The molecule has 0 atom stereocenters. The molecule has 0 spiro atoms. The molecule has 0 unspecified atom stereocenters. The van der Waals surface area contributed by atoms with Gasteiger partial charge >= 0.3 is 5.97 Å². The van der Waals surface area contributed by atoms with E-state index >= 15 is 0 Å². The van der Waals surface area contributed by atoms with E-state index in [1.807, 2.05) is 0 Å². The molecular formula is C13H13NO3. The van der Waals surface area contributed by atoms with Gasteiger partial charge in [-0.05, 0) is 25.3 Å². The normalized spacial score (nSPS) is 14.0. The number of H-pyrrole nitrogens is 1. The summed E-state index contributed by atoms with van der Waals surface area (Å²) in [5.41, 5.74) is 2.52. The Bertz CT molecular complexity index is 520. The number of carbonyl (C=O) groups excluding carboxylic acids is 2. The van der Waals surface area contributed by atoms with Crippen LogP contribution in [0, 0.1) is 19.3 Å². The summed E-state index contributed by atoms with van der Waals surface area (Å²) in [6.45, 7) is 1.70. The molecule has 88 valence electrons. The number of aromatic amines is 1. The second-order valence-corrected chi connectivity index (χ2v) is 4.04. The quantitative estimate of drug-likeness (QED) is 0.621. The van der Waals surface area contributed by atoms with Gasteiger partial charge in [0.1, 0.15) is 5.69 Å². The van der Waals surface area contributed by atoms with Crippen LogP contribution in [0.1, 0.15) is 44.9 Å². The summed E-state index contributed by atoms with van der Waals surface area (Å²) < 4.78 is 4.85. The maximum atomic E-state index is 11.8. The van der Waals surface area contributed by atoms with Crippen LogP contribution in [0.25, 0.3) is 0 Å². The van der Waals surface area contributed by atoms with E-state index in [9.17, 15) is 9.59 Å². The minimum Gasteiger partial charge on any atom is -0.448 e. The molecule has 1 aliphatic carbocycles. The van der Waals surface area contributed by atoms with E-state index in [1.165, 1.54) is 0 Å². The number of hydrogen-bond donors (Lipinski definition) is 1. The average Bonchev–Trinajstić information content (AvgIpc) is 2.65. The molecule has 0 saturated heterocycles. The van der Waals surface area contributed by atoms with Gasteiger partial charge in [0.25, 0.3) is 0 Å². The molecule has 1 heterocycles. The Morgan fingerprint density at radius 1 is 1.53 bits per heavy atom. The van der Waals surface area contributed by atoms with Crippen molar-refractivity contribution in [2.24, 2.45) is 0 Å². The lowest BCUT2D eigenvalue weighted by molar-refractivity contribution is 0.0549. The summed E-state index contributed by atoms with van der Waals surface area (Å²) in [5, 5.41) is 0. The maximum absolute atomic E-state index is 11.8. The Hall–Kier alpha value is -2.02. The van der Waals surface area contributed by atoms with E-state index in [-0.39, 0.29) is 12.4 Å². The maximum Gasteiger partial charge on any atom is 0.356 e. The second kappa shape index (κ2) is 4.46. The predicted octanol–water partition coefficient (Wildman–Crippen LogP) is 1.63. The Kier molecular flexibility index (Phi) is 3.01. The zero-order valence-electron chi connectivity index (χ0n) is 9.63. The van der Waals surface area contributed by atoms with Crippen molar-refractivity contribution < 1.29 is 14.3 Å². The van der Waals surface area contributed by atoms with Gasteiger partial charge in [-0.15, -0.1) is 6.42 Å². The van der Waals surface area contributed by atoms with Crippen molar-refractivity contribution in [3.63, 3.8) is 0 Å². The Morgan fingerprint density at radius 3 is 2.94 bits per heavy atom. The molecule has 4 heteroatoms. The van der Waals surface area contributed by atoms with Crippen LogP contribution in [0.15, 0.2) is 0 Å². The van der Waals surface area contributed by atoms with Gasteiger partial charge in [0.2, 0.25) is 0 Å². The van der Waals surface area contributed by atoms with Crippen LogP contribution < -0.4 is 0 Å². The first-order chi connectivity index (χ1) is 8.15. The van der Waals surface area contributed by atoms with Crippen LogP contribution in [0.4, 0.5) is 0 Å². The van der Waals surface area contributed by atoms with Crippen LogP contribution in [0.2, 0.25) is 0 Å². The van der Waals surface area contributed by atoms with Crippen LogP contribution in [0.5, 0.6) is 0 Å². The Labute approximate surface area is 99.4 Å². The summed E-state index contributed by atoms with van der Waals surface area (Å²) in [6, 6.07) is 0. The molecule has 1 aromatic heterocycles. The Morgan fingerprint density at radius 2 is 2.29 bits per heavy atom. The van der Waals surface area contributed by atoms with E-state index < -0.39 is 5.97 Å². The zero-order chi connectivity index (χ0) is 12.4. The van der Waals surface area contributed by atoms with Gasteiger partial charge in [-0.25, -0.2) is 4.79 Å². The topological polar surface area (TPSA) is 59.2 Å². The fourth-order valence-corrected chi connectivity index (χ4v) is 2.16. The SMILES string of the molecule is C#CCOC(=O)c1[nH]c2c(c1C)C(=O)CCC2. The summed E-state index contributed by atoms with van der Waals surface area (Å²) in [4.78, 5) is 26.4. The van der Waals surface area contributed by atoms with Gasteiger partial charge in [0, 0.05) is 17.7 Å². The molecular weight excluding hydrogens is 218 g/mol. The third kappa shape index (κ3) is 1.96. The van der Waals surface area contributed by atoms with Gasteiger partial charge in [-0.1, -0.05) is 5.92 Å². The molecule has 1 N–H and O–H groups in total. The molecule has 4 nitrogen and oxygen atoms in total. The van der Waals surface area contributed by atoms with Crippen LogP contribution >= 0.6 is 0 Å². The van der Waals surface area contributed by atoms with Crippen molar-refractivity contribution in [3.05, 3.63) is 22.5 Å². The third-order valence-corrected chi connectivity index (χ3v) is 2.93. The van der Waals surface area contributed by atoms with E-state index in [4.69, 9.17) is 11.2 Å². The monoisotopic (exact) mass is 231 g/mol. The predicted molar refractivity (Wildman–Crippen MR) is 61.9 cm³/mol. The lowest BCUT2D eigenvalue weighted by Gasteiger charge is -2.09. The highest BCUT2D eigenvalue weighted by Crippen LogP contribution is 2.26. The molecule has 0 saturated carbocycles. The first-order valence-electron chi connectivity index (χ1n) is 5.50. The number of rotatable bonds is 2. The first-order valence-corrected chi connectivity index (χ1v) is 5.50. The van der Waals surface area contributed by atoms with E-state index in [0.717, 1.165) is 18.5 Å². The standard InChI is InChI=1S/C13H13NO3/c1-3-7-17-13(16)12-8(2)11-9(14-12)5-4-6-10(11)15/h1,14H,4-7H2,2H3. The number of aromatic nitrogens is 1. The number of Topliss-reactive ketones (excluding diaryl/α,β-unsaturated/α-hetero) is 1. The van der Waals surface area contributed by atoms with E-state index in [2.05, 4.69) is 10.9 Å². The number of nitrogens with one attached hydrogen (secondary N) is 1. The summed E-state index contributed by atoms with van der Waals surface area (Å²) in [5.74, 6) is 1.83. The lowest BCUT2D eigenvalue weighted by Crippen LogP contribution is -2.10. The van der Waals surface area contributed by atoms with Gasteiger partial charge in [0.15, 0.2) is 12.4 Å². The van der Waals surface area contributed by atoms with Crippen molar-refractivity contribution in [2.75, 3.05) is 6.61 Å². The minimum absolute atomic E-state index is 0.0596. The second-order valence-electron chi connectivity index (χ2n) is 4.04. The summed E-state index contributed by atoms with van der Waals surface area (Å²) in [7, 11) is 0. The molecule has 0 amide bonds. The van der Waals surface area contributed by atoms with Crippen molar-refractivity contribution >= 4 is 11.8 Å². The van der Waals surface area contributed by atoms with Crippen molar-refractivity contribution in [3.8, 4) is 12.3 Å². The summed E-state index contributed by atoms with van der Waals surface area (Å²) >= 11 is 0. The lowest BCUT2D eigenvalue weighted by atomic mass is 9.94. The largest absolute Gasteiger partial charge is 0.448 e. The number of esters is 1. The smallest absolute Gasteiger partial charge is 0.356 e. The Balaban J connectivity index is 2.35. The number of aryl methyl sites for hydroxylation is 1. The molecule has 17 heavy (non-hydrogen) atoms. The van der Waals surface area contributed by atoms with Crippen molar-refractivity contribution in [1.82, 2.24) is 4.98 Å². The number of ketones is 1. The molecule has 0 aromatic carbocycles. The van der Waals surface area contributed by atoms with Crippen molar-refractivity contribution in [1.29, 1.82) is 0 Å². The number of fused-ring (bicyclic) bond motifs is 1. The zero-order valence-corrected chi connectivity index (χ0v) is 9.63. The molecule has 1 aliphatic rings. The van der Waals surface area contributed by atoms with Gasteiger partial charge in [0.05, 0.1) is 0 Å². The number of terminal acetylenes is 1. The van der Waals surface area contributed by atoms with E-state index in [1.54, 1.807) is 6.92 Å². The van der Waals surface area contributed by atoms with Gasteiger partial charge < -0.3 is 9.72 Å². The van der Waals surface area contributed by atoms with Gasteiger partial charge in [-0.2, -0.15) is 0 Å². The number of ether oxygens (including phenoxy) is 1. The first kappa shape index (κ1) is 11.5. The molecule has 2 rings (SSSR count). The van der Waals surface area contributed by atoms with Crippen LogP contribution in [-0.2, 0) is 11.2 Å². The average molecular weight is 231 g/mol. The highest BCUT2D eigenvalue weighted by molar-refractivity contribution is 6.03.